The zero-order valence-electron chi connectivity index (χ0n) is 6.59. The van der Waals surface area contributed by atoms with Crippen molar-refractivity contribution in [3.8, 4) is 0 Å². The van der Waals surface area contributed by atoms with E-state index in [9.17, 15) is 5.11 Å². The Kier molecular flexibility index (Phi) is 2.69. The molecule has 0 aliphatic heterocycles. The molecule has 0 bridgehead atoms. The minimum atomic E-state index is -0.0426. The molecule has 1 aliphatic rings. The first-order valence-electron chi connectivity index (χ1n) is 4.12. The molecule has 1 rings (SSSR count). The minimum Gasteiger partial charge on any atom is -0.393 e. The third-order valence-corrected chi connectivity index (χ3v) is 2.62. The molecule has 60 valence electrons. The molecule has 0 heterocycles. The van der Waals surface area contributed by atoms with E-state index in [0.29, 0.717) is 11.8 Å². The van der Waals surface area contributed by atoms with Gasteiger partial charge in [-0.3, -0.25) is 0 Å². The SMILES string of the molecule is CC(CN)C1CCC(O)C1. The fraction of sp³-hybridized carbons (Fsp3) is 1.00. The van der Waals surface area contributed by atoms with E-state index in [1.54, 1.807) is 0 Å². The van der Waals surface area contributed by atoms with E-state index < -0.39 is 0 Å². The van der Waals surface area contributed by atoms with Crippen LogP contribution in [-0.2, 0) is 0 Å². The highest BCUT2D eigenvalue weighted by molar-refractivity contribution is 4.78. The zero-order valence-corrected chi connectivity index (χ0v) is 6.59. The van der Waals surface area contributed by atoms with Gasteiger partial charge in [0.2, 0.25) is 0 Å². The Morgan fingerprint density at radius 2 is 2.30 bits per heavy atom. The van der Waals surface area contributed by atoms with Crippen molar-refractivity contribution in [3.05, 3.63) is 0 Å². The molecule has 0 saturated heterocycles. The van der Waals surface area contributed by atoms with E-state index in [-0.39, 0.29) is 6.10 Å². The highest BCUT2D eigenvalue weighted by atomic mass is 16.3. The summed E-state index contributed by atoms with van der Waals surface area (Å²) in [5.74, 6) is 1.28. The molecule has 0 aromatic heterocycles. The Morgan fingerprint density at radius 1 is 1.60 bits per heavy atom. The van der Waals surface area contributed by atoms with E-state index >= 15 is 0 Å². The van der Waals surface area contributed by atoms with Gasteiger partial charge in [0.25, 0.3) is 0 Å². The van der Waals surface area contributed by atoms with Crippen LogP contribution in [0.15, 0.2) is 0 Å². The maximum absolute atomic E-state index is 9.20. The molecule has 1 saturated carbocycles. The summed E-state index contributed by atoms with van der Waals surface area (Å²) in [7, 11) is 0. The second kappa shape index (κ2) is 3.35. The van der Waals surface area contributed by atoms with Gasteiger partial charge in [0.1, 0.15) is 0 Å². The summed E-state index contributed by atoms with van der Waals surface area (Å²) < 4.78 is 0. The Labute approximate surface area is 62.4 Å². The van der Waals surface area contributed by atoms with Crippen LogP contribution in [0.25, 0.3) is 0 Å². The summed E-state index contributed by atoms with van der Waals surface area (Å²) in [5, 5.41) is 9.20. The standard InChI is InChI=1S/C8H17NO/c1-6(5-9)7-2-3-8(10)4-7/h6-8,10H,2-5,9H2,1H3. The lowest BCUT2D eigenvalue weighted by atomic mass is 9.93. The van der Waals surface area contributed by atoms with E-state index in [2.05, 4.69) is 6.92 Å². The molecule has 0 aromatic carbocycles. The average molecular weight is 143 g/mol. The Hall–Kier alpha value is -0.0800. The summed E-state index contributed by atoms with van der Waals surface area (Å²) in [6.45, 7) is 2.93. The van der Waals surface area contributed by atoms with E-state index in [4.69, 9.17) is 5.73 Å². The monoisotopic (exact) mass is 143 g/mol. The molecule has 2 heteroatoms. The number of hydrogen-bond acceptors (Lipinski definition) is 2. The topological polar surface area (TPSA) is 46.2 Å². The highest BCUT2D eigenvalue weighted by Gasteiger charge is 2.26. The van der Waals surface area contributed by atoms with Gasteiger partial charge in [0, 0.05) is 0 Å². The molecule has 1 fully saturated rings. The number of rotatable bonds is 2. The minimum absolute atomic E-state index is 0.0426. The summed E-state index contributed by atoms with van der Waals surface area (Å²) in [4.78, 5) is 0. The lowest BCUT2D eigenvalue weighted by Gasteiger charge is -2.15. The van der Waals surface area contributed by atoms with Crippen LogP contribution < -0.4 is 5.73 Å². The van der Waals surface area contributed by atoms with E-state index in [1.807, 2.05) is 0 Å². The largest absolute Gasteiger partial charge is 0.393 e. The quantitative estimate of drug-likeness (QED) is 0.599. The summed E-state index contributed by atoms with van der Waals surface area (Å²) in [5.41, 5.74) is 5.52. The molecule has 0 spiro atoms. The predicted octanol–water partition coefficient (Wildman–Crippen LogP) is 0.742. The van der Waals surface area contributed by atoms with Gasteiger partial charge in [-0.1, -0.05) is 6.92 Å². The normalized spacial score (nSPS) is 36.3. The Balaban J connectivity index is 2.29. The second-order valence-corrected chi connectivity index (χ2v) is 3.44. The molecular weight excluding hydrogens is 126 g/mol. The summed E-state index contributed by atoms with van der Waals surface area (Å²) in [6, 6.07) is 0. The molecule has 0 radical (unpaired) electrons. The van der Waals surface area contributed by atoms with Gasteiger partial charge in [-0.15, -0.1) is 0 Å². The van der Waals surface area contributed by atoms with Crippen LogP contribution in [0.4, 0.5) is 0 Å². The molecule has 0 amide bonds. The summed E-state index contributed by atoms with van der Waals surface area (Å²) >= 11 is 0. The molecule has 10 heavy (non-hydrogen) atoms. The van der Waals surface area contributed by atoms with E-state index in [1.165, 1.54) is 6.42 Å². The number of aliphatic hydroxyl groups excluding tert-OH is 1. The summed E-state index contributed by atoms with van der Waals surface area (Å²) in [6.07, 6.45) is 3.08. The molecule has 2 nitrogen and oxygen atoms in total. The zero-order chi connectivity index (χ0) is 7.56. The van der Waals surface area contributed by atoms with Crippen molar-refractivity contribution < 1.29 is 5.11 Å². The maximum atomic E-state index is 9.20. The average Bonchev–Trinajstić information content (AvgIpc) is 2.34. The highest BCUT2D eigenvalue weighted by Crippen LogP contribution is 2.30. The van der Waals surface area contributed by atoms with Crippen LogP contribution in [-0.4, -0.2) is 17.8 Å². The first kappa shape index (κ1) is 8.02. The van der Waals surface area contributed by atoms with Gasteiger partial charge < -0.3 is 10.8 Å². The first-order chi connectivity index (χ1) is 4.74. The van der Waals surface area contributed by atoms with E-state index in [0.717, 1.165) is 19.4 Å². The lowest BCUT2D eigenvalue weighted by molar-refractivity contribution is 0.172. The second-order valence-electron chi connectivity index (χ2n) is 3.44. The smallest absolute Gasteiger partial charge is 0.0543 e. The fourth-order valence-electron chi connectivity index (χ4n) is 1.70. The van der Waals surface area contributed by atoms with Crippen molar-refractivity contribution >= 4 is 0 Å². The van der Waals surface area contributed by atoms with Gasteiger partial charge in [-0.05, 0) is 37.6 Å². The molecule has 1 aliphatic carbocycles. The van der Waals surface area contributed by atoms with Gasteiger partial charge in [-0.25, -0.2) is 0 Å². The Bertz CT molecular complexity index is 105. The third kappa shape index (κ3) is 1.70. The van der Waals surface area contributed by atoms with Crippen LogP contribution in [0.3, 0.4) is 0 Å². The maximum Gasteiger partial charge on any atom is 0.0543 e. The van der Waals surface area contributed by atoms with Crippen LogP contribution in [0.2, 0.25) is 0 Å². The van der Waals surface area contributed by atoms with Crippen LogP contribution >= 0.6 is 0 Å². The van der Waals surface area contributed by atoms with Crippen molar-refractivity contribution in [1.29, 1.82) is 0 Å². The molecule has 3 atom stereocenters. The van der Waals surface area contributed by atoms with Crippen molar-refractivity contribution in [1.82, 2.24) is 0 Å². The van der Waals surface area contributed by atoms with Gasteiger partial charge >= 0.3 is 0 Å². The predicted molar refractivity (Wildman–Crippen MR) is 41.6 cm³/mol. The Morgan fingerprint density at radius 3 is 2.70 bits per heavy atom. The van der Waals surface area contributed by atoms with Crippen molar-refractivity contribution in [3.63, 3.8) is 0 Å². The van der Waals surface area contributed by atoms with Crippen LogP contribution in [0, 0.1) is 11.8 Å². The molecule has 0 aromatic rings. The first-order valence-corrected chi connectivity index (χ1v) is 4.12. The van der Waals surface area contributed by atoms with Crippen molar-refractivity contribution in [2.24, 2.45) is 17.6 Å². The molecular formula is C8H17NO. The molecule has 3 unspecified atom stereocenters. The van der Waals surface area contributed by atoms with Gasteiger partial charge in [0.15, 0.2) is 0 Å². The number of aliphatic hydroxyl groups is 1. The van der Waals surface area contributed by atoms with Crippen LogP contribution in [0.1, 0.15) is 26.2 Å². The van der Waals surface area contributed by atoms with Crippen molar-refractivity contribution in [2.45, 2.75) is 32.3 Å². The van der Waals surface area contributed by atoms with Gasteiger partial charge in [-0.2, -0.15) is 0 Å². The molecule has 3 N–H and O–H groups in total. The number of nitrogens with two attached hydrogens (primary N) is 1. The fourth-order valence-corrected chi connectivity index (χ4v) is 1.70. The van der Waals surface area contributed by atoms with Crippen LogP contribution in [0.5, 0.6) is 0 Å². The third-order valence-electron chi connectivity index (χ3n) is 2.62. The van der Waals surface area contributed by atoms with Crippen molar-refractivity contribution in [2.75, 3.05) is 6.54 Å². The lowest BCUT2D eigenvalue weighted by Crippen LogP contribution is -2.19. The van der Waals surface area contributed by atoms with Gasteiger partial charge in [0.05, 0.1) is 6.10 Å². The number of hydrogen-bond donors (Lipinski definition) is 2.